The van der Waals surface area contributed by atoms with Gasteiger partial charge in [0.15, 0.2) is 0 Å². The Kier molecular flexibility index (Phi) is 5.70. The van der Waals surface area contributed by atoms with E-state index in [4.69, 9.17) is 9.97 Å². The first-order valence-electron chi connectivity index (χ1n) is 11.6. The third kappa shape index (κ3) is 4.28. The first kappa shape index (κ1) is 20.8. The number of hydrogen-bond donors (Lipinski definition) is 3. The monoisotopic (exact) mass is 428 g/mol. The van der Waals surface area contributed by atoms with Crippen molar-refractivity contribution in [1.29, 1.82) is 0 Å². The van der Waals surface area contributed by atoms with Crippen LogP contribution in [0, 0.1) is 6.92 Å². The van der Waals surface area contributed by atoms with E-state index in [-0.39, 0.29) is 0 Å². The fourth-order valence-electron chi connectivity index (χ4n) is 4.79. The molecule has 0 atom stereocenters. The van der Waals surface area contributed by atoms with E-state index in [1.54, 1.807) is 0 Å². The minimum Gasteiger partial charge on any atom is -0.362 e. The number of rotatable bonds is 6. The molecule has 0 saturated heterocycles. The summed E-state index contributed by atoms with van der Waals surface area (Å²) in [6, 6.07) is 15.8. The van der Waals surface area contributed by atoms with E-state index in [1.165, 1.54) is 22.0 Å². The van der Waals surface area contributed by atoms with E-state index in [9.17, 15) is 0 Å². The molecule has 3 N–H and O–H groups in total. The van der Waals surface area contributed by atoms with Crippen molar-refractivity contribution in [2.75, 3.05) is 24.3 Å². The van der Waals surface area contributed by atoms with Crippen LogP contribution in [0.2, 0.25) is 0 Å². The molecule has 0 unspecified atom stereocenters. The number of aromatic amines is 1. The third-order valence-corrected chi connectivity index (χ3v) is 6.57. The van der Waals surface area contributed by atoms with Crippen LogP contribution in [-0.4, -0.2) is 41.1 Å². The Balaban J connectivity index is 1.19. The van der Waals surface area contributed by atoms with Gasteiger partial charge in [-0.3, -0.25) is 0 Å². The maximum absolute atomic E-state index is 4.80. The SMILES string of the molecule is Cc1ccc2c(CNC3CCC(Nc4nc(N(C)C)c5ccccc5n4)CC3)c[nH]c2c1. The molecular weight excluding hydrogens is 396 g/mol. The van der Waals surface area contributed by atoms with Crippen LogP contribution >= 0.6 is 0 Å². The summed E-state index contributed by atoms with van der Waals surface area (Å²) in [5, 5.41) is 9.79. The van der Waals surface area contributed by atoms with Crippen molar-refractivity contribution in [1.82, 2.24) is 20.3 Å². The molecule has 1 fully saturated rings. The first-order valence-corrected chi connectivity index (χ1v) is 11.6. The lowest BCUT2D eigenvalue weighted by Crippen LogP contribution is -2.36. The fraction of sp³-hybridized carbons (Fsp3) is 0.385. The van der Waals surface area contributed by atoms with Crippen LogP contribution in [0.25, 0.3) is 21.8 Å². The Morgan fingerprint density at radius 3 is 2.56 bits per heavy atom. The summed E-state index contributed by atoms with van der Waals surface area (Å²) in [7, 11) is 4.06. The molecule has 2 aromatic heterocycles. The van der Waals surface area contributed by atoms with Gasteiger partial charge in [-0.1, -0.05) is 24.3 Å². The Hall–Kier alpha value is -3.12. The van der Waals surface area contributed by atoms with Crippen LogP contribution in [-0.2, 0) is 6.54 Å². The second kappa shape index (κ2) is 8.79. The molecule has 0 amide bonds. The number of para-hydroxylation sites is 1. The number of H-pyrrole nitrogens is 1. The van der Waals surface area contributed by atoms with Crippen LogP contribution in [0.4, 0.5) is 11.8 Å². The summed E-state index contributed by atoms with van der Waals surface area (Å²) in [4.78, 5) is 15.0. The van der Waals surface area contributed by atoms with Crippen LogP contribution in [0.3, 0.4) is 0 Å². The summed E-state index contributed by atoms with van der Waals surface area (Å²) in [6.07, 6.45) is 6.71. The number of benzene rings is 2. The molecular formula is C26H32N6. The zero-order valence-corrected chi connectivity index (χ0v) is 19.2. The summed E-state index contributed by atoms with van der Waals surface area (Å²) in [6.45, 7) is 3.04. The molecule has 0 spiro atoms. The van der Waals surface area contributed by atoms with Gasteiger partial charge in [-0.05, 0) is 61.9 Å². The zero-order valence-electron chi connectivity index (χ0n) is 19.2. The number of anilines is 2. The van der Waals surface area contributed by atoms with Gasteiger partial charge in [0.1, 0.15) is 5.82 Å². The fourth-order valence-corrected chi connectivity index (χ4v) is 4.79. The van der Waals surface area contributed by atoms with Gasteiger partial charge in [-0.2, -0.15) is 4.98 Å². The molecule has 2 aromatic carbocycles. The molecule has 0 bridgehead atoms. The molecule has 166 valence electrons. The summed E-state index contributed by atoms with van der Waals surface area (Å²) in [5.41, 5.74) is 4.85. The Morgan fingerprint density at radius 2 is 1.75 bits per heavy atom. The molecule has 4 aromatic rings. The number of nitrogens with zero attached hydrogens (tertiary/aromatic N) is 3. The number of aryl methyl sites for hydroxylation is 1. The van der Waals surface area contributed by atoms with Gasteiger partial charge in [0, 0.05) is 55.2 Å². The molecule has 0 radical (unpaired) electrons. The number of fused-ring (bicyclic) bond motifs is 2. The predicted molar refractivity (Wildman–Crippen MR) is 133 cm³/mol. The molecule has 6 heteroatoms. The van der Waals surface area contributed by atoms with Gasteiger partial charge < -0.3 is 20.5 Å². The molecule has 32 heavy (non-hydrogen) atoms. The van der Waals surface area contributed by atoms with E-state index in [2.05, 4.69) is 64.0 Å². The maximum atomic E-state index is 4.80. The normalized spacial score (nSPS) is 18.8. The predicted octanol–water partition coefficient (Wildman–Crippen LogP) is 5.00. The lowest BCUT2D eigenvalue weighted by atomic mass is 9.91. The van der Waals surface area contributed by atoms with E-state index in [0.29, 0.717) is 12.1 Å². The molecule has 1 aliphatic rings. The van der Waals surface area contributed by atoms with E-state index in [1.807, 2.05) is 26.2 Å². The largest absolute Gasteiger partial charge is 0.362 e. The second-order valence-electron chi connectivity index (χ2n) is 9.22. The molecule has 1 saturated carbocycles. The van der Waals surface area contributed by atoms with Crippen LogP contribution in [0.15, 0.2) is 48.7 Å². The standard InChI is InChI=1S/C26H32N6/c1-17-8-13-21-18(16-28-24(21)14-17)15-27-19-9-11-20(12-10-19)29-26-30-23-7-5-4-6-22(23)25(31-26)32(2)3/h4-8,13-14,16,19-20,27-28H,9-12,15H2,1-3H3,(H,29,30,31). The van der Waals surface area contributed by atoms with Gasteiger partial charge in [-0.15, -0.1) is 0 Å². The van der Waals surface area contributed by atoms with Crippen molar-refractivity contribution >= 4 is 33.6 Å². The van der Waals surface area contributed by atoms with E-state index in [0.717, 1.165) is 54.9 Å². The maximum Gasteiger partial charge on any atom is 0.225 e. The minimum absolute atomic E-state index is 0.417. The van der Waals surface area contributed by atoms with Crippen LogP contribution in [0.5, 0.6) is 0 Å². The summed E-state index contributed by atoms with van der Waals surface area (Å²) < 4.78 is 0. The molecule has 2 heterocycles. The summed E-state index contributed by atoms with van der Waals surface area (Å²) in [5.74, 6) is 1.69. The molecule has 6 nitrogen and oxygen atoms in total. The smallest absolute Gasteiger partial charge is 0.225 e. The lowest BCUT2D eigenvalue weighted by Gasteiger charge is -2.30. The zero-order chi connectivity index (χ0) is 22.1. The first-order chi connectivity index (χ1) is 15.6. The van der Waals surface area contributed by atoms with Crippen LogP contribution in [0.1, 0.15) is 36.8 Å². The Morgan fingerprint density at radius 1 is 0.969 bits per heavy atom. The number of aromatic nitrogens is 3. The highest BCUT2D eigenvalue weighted by atomic mass is 15.2. The lowest BCUT2D eigenvalue weighted by molar-refractivity contribution is 0.352. The summed E-state index contributed by atoms with van der Waals surface area (Å²) >= 11 is 0. The van der Waals surface area contributed by atoms with Crippen molar-refractivity contribution in [3.05, 3.63) is 59.8 Å². The Labute approximate surface area is 189 Å². The van der Waals surface area contributed by atoms with Gasteiger partial charge in [-0.25, -0.2) is 4.98 Å². The minimum atomic E-state index is 0.417. The van der Waals surface area contributed by atoms with Crippen molar-refractivity contribution in [2.45, 2.75) is 51.2 Å². The highest BCUT2D eigenvalue weighted by Gasteiger charge is 2.22. The van der Waals surface area contributed by atoms with Gasteiger partial charge in [0.05, 0.1) is 5.52 Å². The number of nitrogens with one attached hydrogen (secondary N) is 3. The molecule has 0 aliphatic heterocycles. The topological polar surface area (TPSA) is 68.9 Å². The second-order valence-corrected chi connectivity index (χ2v) is 9.22. The van der Waals surface area contributed by atoms with Crippen molar-refractivity contribution in [2.24, 2.45) is 0 Å². The molecule has 5 rings (SSSR count). The van der Waals surface area contributed by atoms with Gasteiger partial charge in [0.25, 0.3) is 0 Å². The molecule has 1 aliphatic carbocycles. The average molecular weight is 429 g/mol. The average Bonchev–Trinajstić information content (AvgIpc) is 3.20. The van der Waals surface area contributed by atoms with Crippen LogP contribution < -0.4 is 15.5 Å². The quantitative estimate of drug-likeness (QED) is 0.403. The van der Waals surface area contributed by atoms with Gasteiger partial charge in [0.2, 0.25) is 5.95 Å². The highest BCUT2D eigenvalue weighted by Crippen LogP contribution is 2.27. The van der Waals surface area contributed by atoms with Crippen molar-refractivity contribution < 1.29 is 0 Å². The third-order valence-electron chi connectivity index (χ3n) is 6.57. The van der Waals surface area contributed by atoms with Crippen molar-refractivity contribution in [3.63, 3.8) is 0 Å². The number of hydrogen-bond acceptors (Lipinski definition) is 5. The highest BCUT2D eigenvalue weighted by molar-refractivity contribution is 5.90. The Bertz CT molecular complexity index is 1220. The van der Waals surface area contributed by atoms with Crippen molar-refractivity contribution in [3.8, 4) is 0 Å². The van der Waals surface area contributed by atoms with E-state index < -0.39 is 0 Å². The van der Waals surface area contributed by atoms with Gasteiger partial charge >= 0.3 is 0 Å². The van der Waals surface area contributed by atoms with E-state index >= 15 is 0 Å².